The number of benzene rings is 3. The first-order valence-corrected chi connectivity index (χ1v) is 14.3. The molecule has 0 aromatic heterocycles. The topological polar surface area (TPSA) is 108 Å². The van der Waals surface area contributed by atoms with Crippen LogP contribution in [0.5, 0.6) is 17.2 Å². The molecule has 0 saturated carbocycles. The lowest BCUT2D eigenvalue weighted by Crippen LogP contribution is -2.48. The number of amides is 1. The van der Waals surface area contributed by atoms with Crippen LogP contribution < -0.4 is 14.8 Å². The Morgan fingerprint density at radius 3 is 2.28 bits per heavy atom. The van der Waals surface area contributed by atoms with Crippen LogP contribution in [0.25, 0.3) is 11.1 Å². The number of Topliss-reactive ketones (excluding diaryl/α,β-unsaturated/α-hetero) is 1. The molecule has 39 heavy (non-hydrogen) atoms. The highest BCUT2D eigenvalue weighted by Crippen LogP contribution is 2.34. The van der Waals surface area contributed by atoms with E-state index in [1.165, 1.54) is 18.2 Å². The number of nitrogens with one attached hydrogen (secondary N) is 1. The number of rotatable bonds is 10. The minimum absolute atomic E-state index is 0.0361. The largest absolute Gasteiger partial charge is 0.497 e. The molecule has 206 valence electrons. The summed E-state index contributed by atoms with van der Waals surface area (Å²) >= 11 is 0. The van der Waals surface area contributed by atoms with Crippen LogP contribution in [0.1, 0.15) is 37.6 Å². The molecule has 1 amide bonds. The molecule has 3 aromatic rings. The van der Waals surface area contributed by atoms with Gasteiger partial charge in [-0.2, -0.15) is 0 Å². The van der Waals surface area contributed by atoms with Crippen molar-refractivity contribution < 1.29 is 32.2 Å². The highest BCUT2D eigenvalue weighted by molar-refractivity contribution is 7.92. The average molecular weight is 552 g/mol. The van der Waals surface area contributed by atoms with Crippen molar-refractivity contribution in [3.63, 3.8) is 0 Å². The summed E-state index contributed by atoms with van der Waals surface area (Å²) in [5, 5.41) is 2.81. The van der Waals surface area contributed by atoms with Crippen molar-refractivity contribution in [1.82, 2.24) is 5.32 Å². The number of methoxy groups -OCH3 is 1. The zero-order chi connectivity index (χ0) is 28.2. The van der Waals surface area contributed by atoms with Crippen molar-refractivity contribution in [1.29, 1.82) is 0 Å². The van der Waals surface area contributed by atoms with Gasteiger partial charge in [0.15, 0.2) is 9.84 Å². The van der Waals surface area contributed by atoms with Gasteiger partial charge in [0.2, 0.25) is 0 Å². The molecule has 0 atom stereocenters. The normalized spacial score (nSPS) is 13.8. The maximum atomic E-state index is 13.5. The van der Waals surface area contributed by atoms with Gasteiger partial charge in [-0.1, -0.05) is 45.0 Å². The molecule has 3 aromatic carbocycles. The third kappa shape index (κ3) is 7.46. The van der Waals surface area contributed by atoms with Gasteiger partial charge in [0.05, 0.1) is 26.4 Å². The first-order chi connectivity index (χ1) is 18.4. The molecule has 8 nitrogen and oxygen atoms in total. The molecule has 4 rings (SSSR count). The van der Waals surface area contributed by atoms with E-state index in [-0.39, 0.29) is 34.1 Å². The van der Waals surface area contributed by atoms with E-state index in [9.17, 15) is 18.0 Å². The van der Waals surface area contributed by atoms with Crippen molar-refractivity contribution in [3.05, 3.63) is 72.3 Å². The minimum Gasteiger partial charge on any atom is -0.497 e. The standard InChI is InChI=1S/C30H33NO7S/c1-30(2,3)16-24(32)19-39(34,35)28-15-22(29(33)31-23-17-37-18-23)10-13-27(28)38-26-7-5-6-21(14-26)20-8-11-25(36-4)12-9-20/h5-15,23H,16-19H2,1-4H3,(H,31,33). The van der Waals surface area contributed by atoms with E-state index in [0.717, 1.165) is 16.9 Å². The number of hydrogen-bond acceptors (Lipinski definition) is 7. The van der Waals surface area contributed by atoms with E-state index < -0.39 is 27.3 Å². The molecule has 1 aliphatic heterocycles. The molecule has 0 spiro atoms. The van der Waals surface area contributed by atoms with E-state index in [4.69, 9.17) is 14.2 Å². The molecule has 1 N–H and O–H groups in total. The third-order valence-electron chi connectivity index (χ3n) is 6.08. The molecule has 0 radical (unpaired) electrons. The average Bonchev–Trinajstić information content (AvgIpc) is 2.85. The van der Waals surface area contributed by atoms with Crippen LogP contribution in [0.15, 0.2) is 71.6 Å². The van der Waals surface area contributed by atoms with Gasteiger partial charge >= 0.3 is 0 Å². The molecule has 1 heterocycles. The molecule has 0 unspecified atom stereocenters. The van der Waals surface area contributed by atoms with Gasteiger partial charge in [-0.05, 0) is 59.0 Å². The van der Waals surface area contributed by atoms with Crippen molar-refractivity contribution in [2.45, 2.75) is 38.1 Å². The van der Waals surface area contributed by atoms with Crippen LogP contribution in [-0.4, -0.2) is 52.2 Å². The van der Waals surface area contributed by atoms with Crippen LogP contribution in [0.2, 0.25) is 0 Å². The quantitative estimate of drug-likeness (QED) is 0.375. The molecular formula is C30H33NO7S. The van der Waals surface area contributed by atoms with Crippen LogP contribution >= 0.6 is 0 Å². The number of carbonyl (C=O) groups excluding carboxylic acids is 2. The second-order valence-corrected chi connectivity index (χ2v) is 12.7. The lowest BCUT2D eigenvalue weighted by molar-refractivity contribution is -0.118. The Morgan fingerprint density at radius 1 is 0.949 bits per heavy atom. The van der Waals surface area contributed by atoms with Crippen molar-refractivity contribution >= 4 is 21.5 Å². The van der Waals surface area contributed by atoms with E-state index >= 15 is 0 Å². The van der Waals surface area contributed by atoms with E-state index in [0.29, 0.717) is 19.0 Å². The van der Waals surface area contributed by atoms with Gasteiger partial charge in [0, 0.05) is 12.0 Å². The number of sulfone groups is 1. The smallest absolute Gasteiger partial charge is 0.251 e. The highest BCUT2D eigenvalue weighted by atomic mass is 32.2. The number of hydrogen-bond donors (Lipinski definition) is 1. The monoisotopic (exact) mass is 551 g/mol. The van der Waals surface area contributed by atoms with Crippen molar-refractivity contribution in [2.75, 3.05) is 26.1 Å². The predicted molar refractivity (Wildman–Crippen MR) is 148 cm³/mol. The Kier molecular flexibility index (Phi) is 8.42. The van der Waals surface area contributed by atoms with Crippen LogP contribution in [0.4, 0.5) is 0 Å². The Bertz CT molecular complexity index is 1450. The van der Waals surface area contributed by atoms with Gasteiger partial charge in [0.1, 0.15) is 33.7 Å². The lowest BCUT2D eigenvalue weighted by atomic mass is 9.90. The SMILES string of the molecule is COc1ccc(-c2cccc(Oc3ccc(C(=O)NC4COC4)cc3S(=O)(=O)CC(=O)CC(C)(C)C)c2)cc1. The van der Waals surface area contributed by atoms with Gasteiger partial charge in [-0.25, -0.2) is 8.42 Å². The fourth-order valence-corrected chi connectivity index (χ4v) is 5.55. The zero-order valence-electron chi connectivity index (χ0n) is 22.5. The Morgan fingerprint density at radius 2 is 1.67 bits per heavy atom. The van der Waals surface area contributed by atoms with Gasteiger partial charge in [-0.3, -0.25) is 9.59 Å². The molecule has 1 aliphatic rings. The van der Waals surface area contributed by atoms with Crippen molar-refractivity contribution in [2.24, 2.45) is 5.41 Å². The molecule has 0 aliphatic carbocycles. The molecule has 0 bridgehead atoms. The zero-order valence-corrected chi connectivity index (χ0v) is 23.3. The van der Waals surface area contributed by atoms with Crippen molar-refractivity contribution in [3.8, 4) is 28.4 Å². The highest BCUT2D eigenvalue weighted by Gasteiger charge is 2.28. The maximum Gasteiger partial charge on any atom is 0.251 e. The first kappa shape index (κ1) is 28.3. The van der Waals surface area contributed by atoms with E-state index in [1.807, 2.05) is 51.1 Å². The summed E-state index contributed by atoms with van der Waals surface area (Å²) in [4.78, 5) is 25.2. The summed E-state index contributed by atoms with van der Waals surface area (Å²) in [6.07, 6.45) is 0.105. The Hall–Kier alpha value is -3.69. The lowest BCUT2D eigenvalue weighted by Gasteiger charge is -2.26. The third-order valence-corrected chi connectivity index (χ3v) is 7.77. The minimum atomic E-state index is -4.12. The fourth-order valence-electron chi connectivity index (χ4n) is 4.15. The second-order valence-electron chi connectivity index (χ2n) is 10.8. The van der Waals surface area contributed by atoms with E-state index in [2.05, 4.69) is 5.32 Å². The van der Waals surface area contributed by atoms with Crippen LogP contribution in [0, 0.1) is 5.41 Å². The summed E-state index contributed by atoms with van der Waals surface area (Å²) < 4.78 is 43.4. The molecule has 1 fully saturated rings. The molecular weight excluding hydrogens is 518 g/mol. The summed E-state index contributed by atoms with van der Waals surface area (Å²) in [7, 11) is -2.52. The van der Waals surface area contributed by atoms with Gasteiger partial charge < -0.3 is 19.5 Å². The maximum absolute atomic E-state index is 13.5. The Balaban J connectivity index is 1.66. The van der Waals surface area contributed by atoms with Gasteiger partial charge in [0.25, 0.3) is 5.91 Å². The number of ether oxygens (including phenoxy) is 3. The Labute approximate surface area is 229 Å². The predicted octanol–water partition coefficient (Wildman–Crippen LogP) is 5.06. The summed E-state index contributed by atoms with van der Waals surface area (Å²) in [5.41, 5.74) is 1.58. The van der Waals surface area contributed by atoms with E-state index in [1.54, 1.807) is 25.3 Å². The van der Waals surface area contributed by atoms with Crippen LogP contribution in [0.3, 0.4) is 0 Å². The summed E-state index contributed by atoms with van der Waals surface area (Å²) in [6.45, 7) is 6.43. The molecule has 9 heteroatoms. The second kappa shape index (κ2) is 11.6. The fraction of sp³-hybridized carbons (Fsp3) is 0.333. The summed E-state index contributed by atoms with van der Waals surface area (Å²) in [5.74, 6) is -0.339. The van der Waals surface area contributed by atoms with Crippen LogP contribution in [-0.2, 0) is 19.4 Å². The number of ketones is 1. The first-order valence-electron chi connectivity index (χ1n) is 12.6. The molecule has 1 saturated heterocycles. The van der Waals surface area contributed by atoms with Gasteiger partial charge in [-0.15, -0.1) is 0 Å². The number of carbonyl (C=O) groups is 2. The summed E-state index contributed by atoms with van der Waals surface area (Å²) in [6, 6.07) is 18.9.